The van der Waals surface area contributed by atoms with E-state index in [0.717, 1.165) is 5.56 Å². The lowest BCUT2D eigenvalue weighted by Crippen LogP contribution is -2.22. The molecule has 6 nitrogen and oxygen atoms in total. The second-order valence-electron chi connectivity index (χ2n) is 3.92. The smallest absolute Gasteiger partial charge is 0.191 e. The highest BCUT2D eigenvalue weighted by atomic mass is 32.2. The van der Waals surface area contributed by atoms with Crippen molar-refractivity contribution in [3.05, 3.63) is 37.2 Å². The predicted molar refractivity (Wildman–Crippen MR) is 73.8 cm³/mol. The first-order valence-electron chi connectivity index (χ1n) is 5.99. The lowest BCUT2D eigenvalue weighted by Gasteiger charge is -2.07. The van der Waals surface area contributed by atoms with E-state index in [4.69, 9.17) is 0 Å². The number of aliphatic carboxylic acids is 1. The van der Waals surface area contributed by atoms with Crippen LogP contribution in [0.25, 0.3) is 11.4 Å². The lowest BCUT2D eigenvalue weighted by molar-refractivity contribution is -0.305. The Kier molecular flexibility index (Phi) is 4.89. The van der Waals surface area contributed by atoms with Crippen molar-refractivity contribution in [2.24, 2.45) is 0 Å². The SMILES string of the molecule is C=CCn1c(SCCC(=O)[O-])nnc1-c1cccnc1. The average Bonchev–Trinajstić information content (AvgIpc) is 2.83. The zero-order valence-electron chi connectivity index (χ0n) is 10.7. The molecule has 0 aliphatic rings. The Balaban J connectivity index is 2.23. The quantitative estimate of drug-likeness (QED) is 0.552. The third kappa shape index (κ3) is 3.45. The van der Waals surface area contributed by atoms with Gasteiger partial charge in [0.1, 0.15) is 0 Å². The highest BCUT2D eigenvalue weighted by Gasteiger charge is 2.13. The summed E-state index contributed by atoms with van der Waals surface area (Å²) in [6.07, 6.45) is 5.12. The number of hydrogen-bond acceptors (Lipinski definition) is 6. The molecule has 2 aromatic rings. The van der Waals surface area contributed by atoms with Gasteiger partial charge in [-0.05, 0) is 18.6 Å². The molecule has 0 saturated heterocycles. The average molecular weight is 289 g/mol. The molecule has 0 radical (unpaired) electrons. The molecule has 2 heterocycles. The van der Waals surface area contributed by atoms with Crippen molar-refractivity contribution in [3.8, 4) is 11.4 Å². The number of carboxylic acids is 1. The van der Waals surface area contributed by atoms with Gasteiger partial charge >= 0.3 is 0 Å². The Bertz CT molecular complexity index is 598. The largest absolute Gasteiger partial charge is 0.550 e. The zero-order chi connectivity index (χ0) is 14.4. The van der Waals surface area contributed by atoms with Crippen LogP contribution in [0.3, 0.4) is 0 Å². The van der Waals surface area contributed by atoms with E-state index < -0.39 is 5.97 Å². The minimum Gasteiger partial charge on any atom is -0.550 e. The standard InChI is InChI=1S/C13H14N4O2S/c1-2-7-17-12(10-4-3-6-14-9-10)15-16-13(17)20-8-5-11(18)19/h2-4,6,9H,1,5,7-8H2,(H,18,19)/p-1. The van der Waals surface area contributed by atoms with Crippen molar-refractivity contribution in [1.82, 2.24) is 19.7 Å². The number of carbonyl (C=O) groups is 1. The summed E-state index contributed by atoms with van der Waals surface area (Å²) in [5.74, 6) is 0.0127. The van der Waals surface area contributed by atoms with Gasteiger partial charge in [-0.2, -0.15) is 0 Å². The number of carbonyl (C=O) groups excluding carboxylic acids is 1. The normalized spacial score (nSPS) is 10.4. The van der Waals surface area contributed by atoms with Gasteiger partial charge in [0.25, 0.3) is 0 Å². The van der Waals surface area contributed by atoms with Crippen molar-refractivity contribution >= 4 is 17.7 Å². The minimum atomic E-state index is -1.07. The molecule has 7 heteroatoms. The van der Waals surface area contributed by atoms with Crippen LogP contribution in [0.15, 0.2) is 42.3 Å². The van der Waals surface area contributed by atoms with E-state index >= 15 is 0 Å². The van der Waals surface area contributed by atoms with Crippen LogP contribution in [0.5, 0.6) is 0 Å². The van der Waals surface area contributed by atoms with E-state index in [1.54, 1.807) is 18.5 Å². The number of pyridine rings is 1. The highest BCUT2D eigenvalue weighted by Crippen LogP contribution is 2.23. The molecule has 0 bridgehead atoms. The summed E-state index contributed by atoms with van der Waals surface area (Å²) in [7, 11) is 0. The second kappa shape index (κ2) is 6.85. The summed E-state index contributed by atoms with van der Waals surface area (Å²) in [5.41, 5.74) is 0.855. The molecule has 2 aromatic heterocycles. The summed E-state index contributed by atoms with van der Waals surface area (Å²) in [6.45, 7) is 4.26. The van der Waals surface area contributed by atoms with Gasteiger partial charge in [0, 0.05) is 36.2 Å². The molecule has 104 valence electrons. The Hall–Kier alpha value is -2.15. The molecule has 0 saturated carbocycles. The van der Waals surface area contributed by atoms with Crippen molar-refractivity contribution in [2.45, 2.75) is 18.1 Å². The maximum absolute atomic E-state index is 10.4. The molecule has 0 amide bonds. The van der Waals surface area contributed by atoms with Gasteiger partial charge in [0.15, 0.2) is 11.0 Å². The third-order valence-corrected chi connectivity index (χ3v) is 3.45. The Morgan fingerprint density at radius 2 is 2.35 bits per heavy atom. The zero-order valence-corrected chi connectivity index (χ0v) is 11.5. The van der Waals surface area contributed by atoms with Crippen LogP contribution in [0, 0.1) is 0 Å². The van der Waals surface area contributed by atoms with Crippen molar-refractivity contribution < 1.29 is 9.90 Å². The Labute approximate surface area is 120 Å². The number of aromatic nitrogens is 4. The number of nitrogens with zero attached hydrogens (tertiary/aromatic N) is 4. The van der Waals surface area contributed by atoms with E-state index in [2.05, 4.69) is 21.8 Å². The van der Waals surface area contributed by atoms with Gasteiger partial charge in [0.05, 0.1) is 0 Å². The van der Waals surface area contributed by atoms with Gasteiger partial charge in [-0.1, -0.05) is 17.8 Å². The molecule has 20 heavy (non-hydrogen) atoms. The molecule has 0 unspecified atom stereocenters. The highest BCUT2D eigenvalue weighted by molar-refractivity contribution is 7.99. The van der Waals surface area contributed by atoms with E-state index in [1.807, 2.05) is 16.7 Å². The van der Waals surface area contributed by atoms with Crippen molar-refractivity contribution in [1.29, 1.82) is 0 Å². The van der Waals surface area contributed by atoms with E-state index in [1.165, 1.54) is 11.8 Å². The Morgan fingerprint density at radius 3 is 3.00 bits per heavy atom. The third-order valence-electron chi connectivity index (χ3n) is 2.49. The van der Waals surface area contributed by atoms with Crippen LogP contribution in [-0.4, -0.2) is 31.5 Å². The van der Waals surface area contributed by atoms with Crippen molar-refractivity contribution in [2.75, 3.05) is 5.75 Å². The van der Waals surface area contributed by atoms with Gasteiger partial charge in [-0.25, -0.2) is 0 Å². The number of carboxylic acid groups (broad SMARTS) is 1. The molecule has 0 aromatic carbocycles. The number of allylic oxidation sites excluding steroid dienone is 1. The summed E-state index contributed by atoms with van der Waals surface area (Å²) in [6, 6.07) is 3.72. The fourth-order valence-corrected chi connectivity index (χ4v) is 2.49. The monoisotopic (exact) mass is 289 g/mol. The molecule has 0 aliphatic carbocycles. The fraction of sp³-hybridized carbons (Fsp3) is 0.231. The summed E-state index contributed by atoms with van der Waals surface area (Å²) >= 11 is 1.33. The minimum absolute atomic E-state index is 0.0200. The number of rotatable bonds is 7. The predicted octanol–water partition coefficient (Wildman–Crippen LogP) is 0.758. The van der Waals surface area contributed by atoms with Crippen molar-refractivity contribution in [3.63, 3.8) is 0 Å². The molecule has 2 rings (SSSR count). The fourth-order valence-electron chi connectivity index (χ4n) is 1.62. The van der Waals surface area contributed by atoms with Gasteiger partial charge < -0.3 is 9.90 Å². The van der Waals surface area contributed by atoms with Crippen LogP contribution in [0.4, 0.5) is 0 Å². The van der Waals surface area contributed by atoms with Crippen LogP contribution >= 0.6 is 11.8 Å². The van der Waals surface area contributed by atoms with Crippen LogP contribution < -0.4 is 5.11 Å². The number of thioether (sulfide) groups is 1. The summed E-state index contributed by atoms with van der Waals surface area (Å²) < 4.78 is 1.88. The van der Waals surface area contributed by atoms with Gasteiger partial charge in [-0.3, -0.25) is 9.55 Å². The van der Waals surface area contributed by atoms with Gasteiger partial charge in [0.2, 0.25) is 0 Å². The molecular weight excluding hydrogens is 276 g/mol. The van der Waals surface area contributed by atoms with Crippen LogP contribution in [-0.2, 0) is 11.3 Å². The lowest BCUT2D eigenvalue weighted by atomic mass is 10.3. The van der Waals surface area contributed by atoms with E-state index in [0.29, 0.717) is 23.3 Å². The topological polar surface area (TPSA) is 83.7 Å². The second-order valence-corrected chi connectivity index (χ2v) is 4.98. The first-order chi connectivity index (χ1) is 9.72. The Morgan fingerprint density at radius 1 is 1.50 bits per heavy atom. The van der Waals surface area contributed by atoms with Crippen LogP contribution in [0.2, 0.25) is 0 Å². The summed E-state index contributed by atoms with van der Waals surface area (Å²) in [4.78, 5) is 14.5. The molecular formula is C13H13N4O2S-. The van der Waals surface area contributed by atoms with Gasteiger partial charge in [-0.15, -0.1) is 16.8 Å². The molecule has 0 atom stereocenters. The molecule has 0 aliphatic heterocycles. The van der Waals surface area contributed by atoms with E-state index in [9.17, 15) is 9.90 Å². The summed E-state index contributed by atoms with van der Waals surface area (Å²) in [5, 5.41) is 19.3. The molecule has 0 N–H and O–H groups in total. The molecule has 0 spiro atoms. The maximum atomic E-state index is 10.4. The first kappa shape index (κ1) is 14.3. The number of hydrogen-bond donors (Lipinski definition) is 0. The maximum Gasteiger partial charge on any atom is 0.191 e. The van der Waals surface area contributed by atoms with Crippen LogP contribution in [0.1, 0.15) is 6.42 Å². The van der Waals surface area contributed by atoms with E-state index in [-0.39, 0.29) is 6.42 Å². The molecule has 0 fully saturated rings. The first-order valence-corrected chi connectivity index (χ1v) is 6.98.